The van der Waals surface area contributed by atoms with Crippen LogP contribution in [0.25, 0.3) is 6.08 Å². The molecular formula is C31H48. The Morgan fingerprint density at radius 2 is 1.65 bits per heavy atom. The van der Waals surface area contributed by atoms with Gasteiger partial charge in [0.15, 0.2) is 0 Å². The van der Waals surface area contributed by atoms with E-state index in [0.717, 1.165) is 12.3 Å². The highest BCUT2D eigenvalue weighted by atomic mass is 14.4. The van der Waals surface area contributed by atoms with E-state index >= 15 is 0 Å². The second kappa shape index (κ2) is 9.51. The van der Waals surface area contributed by atoms with Crippen LogP contribution in [-0.4, -0.2) is 0 Å². The van der Waals surface area contributed by atoms with Crippen molar-refractivity contribution in [3.8, 4) is 0 Å². The van der Waals surface area contributed by atoms with Crippen molar-refractivity contribution in [1.29, 1.82) is 0 Å². The van der Waals surface area contributed by atoms with Crippen LogP contribution in [0.5, 0.6) is 0 Å². The van der Waals surface area contributed by atoms with Gasteiger partial charge in [0.1, 0.15) is 0 Å². The van der Waals surface area contributed by atoms with Crippen molar-refractivity contribution in [2.45, 2.75) is 98.8 Å². The van der Waals surface area contributed by atoms with E-state index in [1.807, 2.05) is 0 Å². The van der Waals surface area contributed by atoms with Gasteiger partial charge in [-0.25, -0.2) is 0 Å². The fourth-order valence-electron chi connectivity index (χ4n) is 5.11. The lowest BCUT2D eigenvalue weighted by molar-refractivity contribution is 0.122. The van der Waals surface area contributed by atoms with Crippen molar-refractivity contribution >= 4 is 6.08 Å². The van der Waals surface area contributed by atoms with Crippen LogP contribution in [-0.2, 0) is 10.8 Å². The van der Waals surface area contributed by atoms with Crippen molar-refractivity contribution < 1.29 is 0 Å². The van der Waals surface area contributed by atoms with Gasteiger partial charge in [-0.1, -0.05) is 104 Å². The lowest BCUT2D eigenvalue weighted by Crippen LogP contribution is -2.35. The lowest BCUT2D eigenvalue weighted by atomic mass is 9.60. The Balaban J connectivity index is 2.15. The summed E-state index contributed by atoms with van der Waals surface area (Å²) in [6, 6.07) is 7.16. The summed E-state index contributed by atoms with van der Waals surface area (Å²) >= 11 is 0. The second-order valence-corrected chi connectivity index (χ2v) is 12.6. The van der Waals surface area contributed by atoms with Gasteiger partial charge in [0, 0.05) is 0 Å². The van der Waals surface area contributed by atoms with Crippen LogP contribution in [0, 0.1) is 23.2 Å². The van der Waals surface area contributed by atoms with E-state index in [2.05, 4.69) is 112 Å². The van der Waals surface area contributed by atoms with Gasteiger partial charge < -0.3 is 0 Å². The predicted molar refractivity (Wildman–Crippen MR) is 141 cm³/mol. The molecule has 0 aliphatic heterocycles. The molecule has 1 aliphatic rings. The minimum absolute atomic E-state index is 0.161. The molecule has 1 aliphatic carbocycles. The summed E-state index contributed by atoms with van der Waals surface area (Å²) in [7, 11) is 0. The molecule has 0 bridgehead atoms. The van der Waals surface area contributed by atoms with Gasteiger partial charge in [0.25, 0.3) is 0 Å². The Labute approximate surface area is 193 Å². The van der Waals surface area contributed by atoms with E-state index in [9.17, 15) is 0 Å². The molecule has 0 heteroatoms. The number of hydrogen-bond acceptors (Lipinski definition) is 0. The molecule has 2 rings (SSSR count). The molecule has 0 saturated heterocycles. The molecule has 1 aromatic carbocycles. The zero-order valence-electron chi connectivity index (χ0n) is 21.9. The maximum absolute atomic E-state index is 4.31. The van der Waals surface area contributed by atoms with Crippen LogP contribution in [0.15, 0.2) is 49.1 Å². The van der Waals surface area contributed by atoms with E-state index in [-0.39, 0.29) is 16.2 Å². The Morgan fingerprint density at radius 3 is 2.10 bits per heavy atom. The average Bonchev–Trinajstić information content (AvgIpc) is 2.66. The summed E-state index contributed by atoms with van der Waals surface area (Å²) < 4.78 is 0. The third-order valence-corrected chi connectivity index (χ3v) is 7.76. The van der Waals surface area contributed by atoms with Crippen molar-refractivity contribution in [2.24, 2.45) is 23.2 Å². The molecule has 0 amide bonds. The van der Waals surface area contributed by atoms with E-state index in [0.29, 0.717) is 11.8 Å². The summed E-state index contributed by atoms with van der Waals surface area (Å²) in [5.41, 5.74) is 6.05. The van der Waals surface area contributed by atoms with E-state index in [1.54, 1.807) is 0 Å². The number of rotatable bonds is 6. The molecule has 0 nitrogen and oxygen atoms in total. The third kappa shape index (κ3) is 6.47. The smallest absolute Gasteiger partial charge is 0.00838 e. The summed E-state index contributed by atoms with van der Waals surface area (Å²) in [6.45, 7) is 29.3. The molecule has 1 unspecified atom stereocenters. The first-order valence-electron chi connectivity index (χ1n) is 12.3. The number of hydrogen-bond donors (Lipinski definition) is 0. The second-order valence-electron chi connectivity index (χ2n) is 12.6. The minimum atomic E-state index is 0.161. The van der Waals surface area contributed by atoms with Crippen LogP contribution in [0.2, 0.25) is 0 Å². The van der Waals surface area contributed by atoms with E-state index in [1.165, 1.54) is 41.5 Å². The summed E-state index contributed by atoms with van der Waals surface area (Å²) in [5, 5.41) is 0. The molecule has 0 aromatic heterocycles. The standard InChI is InChI=1S/C31H48/c1-12-31(11)17-16-25(20-28(31)22(2)3)23(4)14-13-15-24-18-26(29(5,6)7)21-27(19-24)30(8,9)10/h12-13,15,18-19,21,23,25,28H,1-2,14,16-17,20H2,3-11H3/b15-13+/t23?,25-,28+,31-/m1/s1. The average molecular weight is 421 g/mol. The van der Waals surface area contributed by atoms with Crippen LogP contribution in [0.3, 0.4) is 0 Å². The van der Waals surface area contributed by atoms with Gasteiger partial charge in [-0.15, -0.1) is 6.58 Å². The number of benzene rings is 1. The zero-order valence-corrected chi connectivity index (χ0v) is 21.9. The van der Waals surface area contributed by atoms with Gasteiger partial charge in [-0.05, 0) is 83.3 Å². The molecule has 0 radical (unpaired) electrons. The van der Waals surface area contributed by atoms with E-state index in [4.69, 9.17) is 0 Å². The molecule has 4 atom stereocenters. The molecule has 1 saturated carbocycles. The summed E-state index contributed by atoms with van der Waals surface area (Å²) in [6.07, 6.45) is 11.9. The van der Waals surface area contributed by atoms with Crippen molar-refractivity contribution in [1.82, 2.24) is 0 Å². The molecule has 0 spiro atoms. The molecule has 172 valence electrons. The summed E-state index contributed by atoms with van der Waals surface area (Å²) in [5.74, 6) is 2.03. The van der Waals surface area contributed by atoms with Gasteiger partial charge in [-0.2, -0.15) is 0 Å². The minimum Gasteiger partial charge on any atom is -0.103 e. The number of allylic oxidation sites excluding steroid dienone is 3. The summed E-state index contributed by atoms with van der Waals surface area (Å²) in [4.78, 5) is 0. The normalized spacial score (nSPS) is 26.1. The first-order valence-corrected chi connectivity index (χ1v) is 12.3. The molecule has 31 heavy (non-hydrogen) atoms. The van der Waals surface area contributed by atoms with Crippen molar-refractivity contribution in [2.75, 3.05) is 0 Å². The maximum Gasteiger partial charge on any atom is -0.00838 e. The lowest BCUT2D eigenvalue weighted by Gasteiger charge is -2.45. The quantitative estimate of drug-likeness (QED) is 0.402. The topological polar surface area (TPSA) is 0 Å². The highest BCUT2D eigenvalue weighted by Crippen LogP contribution is 2.49. The van der Waals surface area contributed by atoms with Crippen molar-refractivity contribution in [3.63, 3.8) is 0 Å². The van der Waals surface area contributed by atoms with Gasteiger partial charge in [0.2, 0.25) is 0 Å². The SMILES string of the molecule is C=C[C@]1(C)CC[C@@H](C(C)C/C=C/c2cc(C(C)(C)C)cc(C(C)(C)C)c2)C[C@H]1C(=C)C. The van der Waals surface area contributed by atoms with Gasteiger partial charge in [-0.3, -0.25) is 0 Å². The van der Waals surface area contributed by atoms with Crippen LogP contribution < -0.4 is 0 Å². The van der Waals surface area contributed by atoms with Gasteiger partial charge >= 0.3 is 0 Å². The van der Waals surface area contributed by atoms with Crippen LogP contribution in [0.4, 0.5) is 0 Å². The highest BCUT2D eigenvalue weighted by molar-refractivity contribution is 5.54. The Morgan fingerprint density at radius 1 is 1.10 bits per heavy atom. The van der Waals surface area contributed by atoms with Crippen molar-refractivity contribution in [3.05, 3.63) is 65.8 Å². The Bertz CT molecular complexity index is 775. The maximum atomic E-state index is 4.31. The molecular weight excluding hydrogens is 372 g/mol. The van der Waals surface area contributed by atoms with Crippen LogP contribution >= 0.6 is 0 Å². The molecule has 0 N–H and O–H groups in total. The first-order chi connectivity index (χ1) is 14.2. The van der Waals surface area contributed by atoms with Gasteiger partial charge in [0.05, 0.1) is 0 Å². The monoisotopic (exact) mass is 420 g/mol. The Kier molecular flexibility index (Phi) is 7.89. The highest BCUT2D eigenvalue weighted by Gasteiger charge is 2.39. The fraction of sp³-hybridized carbons (Fsp3) is 0.613. The third-order valence-electron chi connectivity index (χ3n) is 7.76. The Hall–Kier alpha value is -1.56. The zero-order chi connectivity index (χ0) is 23.6. The fourth-order valence-corrected chi connectivity index (χ4v) is 5.11. The molecule has 0 heterocycles. The molecule has 1 aromatic rings. The largest absolute Gasteiger partial charge is 0.103 e. The predicted octanol–water partition coefficient (Wildman–Crippen LogP) is 9.51. The molecule has 1 fully saturated rings. The first kappa shape index (κ1) is 25.7. The van der Waals surface area contributed by atoms with E-state index < -0.39 is 0 Å². The van der Waals surface area contributed by atoms with Crippen LogP contribution in [0.1, 0.15) is 105 Å².